The Hall–Kier alpha value is -3.15. The number of carbonyl (C=O) groups excluding carboxylic acids is 2. The van der Waals surface area contributed by atoms with Gasteiger partial charge >= 0.3 is 5.97 Å². The van der Waals surface area contributed by atoms with E-state index in [4.69, 9.17) is 33.2 Å². The minimum Gasteiger partial charge on any atom is -0.452 e. The van der Waals surface area contributed by atoms with Crippen molar-refractivity contribution in [3.05, 3.63) is 67.7 Å². The van der Waals surface area contributed by atoms with Gasteiger partial charge in [0.2, 0.25) is 0 Å². The number of carbonyl (C=O) groups is 2. The Labute approximate surface area is 157 Å². The summed E-state index contributed by atoms with van der Waals surface area (Å²) in [6.07, 6.45) is 0. The number of hydrogen-bond donors (Lipinski definition) is 1. The fraction of sp³-hybridized carbons (Fsp3) is 0.0625. The molecule has 0 aliphatic rings. The topological polar surface area (TPSA) is 122 Å². The summed E-state index contributed by atoms with van der Waals surface area (Å²) in [6, 6.07) is 9.42. The van der Waals surface area contributed by atoms with Gasteiger partial charge in [-0.25, -0.2) is 4.79 Å². The first-order valence-corrected chi connectivity index (χ1v) is 7.68. The van der Waals surface area contributed by atoms with Crippen molar-refractivity contribution in [3.8, 4) is 6.07 Å². The molecule has 10 heteroatoms. The molecule has 0 aliphatic heterocycles. The molecule has 0 heterocycles. The number of rotatable bonds is 5. The van der Waals surface area contributed by atoms with Crippen molar-refractivity contribution in [2.75, 3.05) is 11.9 Å². The third-order valence-corrected chi connectivity index (χ3v) is 3.64. The maximum Gasteiger partial charge on any atom is 0.340 e. The highest BCUT2D eigenvalue weighted by molar-refractivity contribution is 6.33. The van der Waals surface area contributed by atoms with Crippen molar-refractivity contribution >= 4 is 46.5 Å². The molecule has 2 aromatic carbocycles. The number of nitro groups is 1. The van der Waals surface area contributed by atoms with Crippen LogP contribution in [0.4, 0.5) is 11.4 Å². The van der Waals surface area contributed by atoms with Gasteiger partial charge in [-0.3, -0.25) is 14.9 Å². The average Bonchev–Trinajstić information content (AvgIpc) is 2.59. The number of ether oxygens (including phenoxy) is 1. The first-order chi connectivity index (χ1) is 12.3. The molecule has 0 aromatic heterocycles. The van der Waals surface area contributed by atoms with Crippen molar-refractivity contribution < 1.29 is 19.2 Å². The highest BCUT2D eigenvalue weighted by Crippen LogP contribution is 2.23. The zero-order valence-corrected chi connectivity index (χ0v) is 14.4. The molecule has 132 valence electrons. The summed E-state index contributed by atoms with van der Waals surface area (Å²) < 4.78 is 4.83. The van der Waals surface area contributed by atoms with E-state index in [1.807, 2.05) is 6.07 Å². The van der Waals surface area contributed by atoms with E-state index >= 15 is 0 Å². The predicted octanol–water partition coefficient (Wildman–Crippen LogP) is 3.57. The van der Waals surface area contributed by atoms with Gasteiger partial charge in [-0.2, -0.15) is 5.26 Å². The second kappa shape index (κ2) is 8.29. The van der Waals surface area contributed by atoms with Crippen LogP contribution in [0.15, 0.2) is 36.4 Å². The minimum atomic E-state index is -0.924. The van der Waals surface area contributed by atoms with Gasteiger partial charge < -0.3 is 10.1 Å². The Morgan fingerprint density at radius 1 is 1.23 bits per heavy atom. The monoisotopic (exact) mass is 393 g/mol. The summed E-state index contributed by atoms with van der Waals surface area (Å²) in [5.74, 6) is -1.62. The van der Waals surface area contributed by atoms with Crippen LogP contribution < -0.4 is 5.32 Å². The van der Waals surface area contributed by atoms with Gasteiger partial charge in [-0.1, -0.05) is 23.2 Å². The zero-order chi connectivity index (χ0) is 19.3. The Kier molecular flexibility index (Phi) is 6.11. The van der Waals surface area contributed by atoms with Crippen molar-refractivity contribution in [2.45, 2.75) is 0 Å². The quantitative estimate of drug-likeness (QED) is 0.470. The van der Waals surface area contributed by atoms with Crippen LogP contribution in [0.25, 0.3) is 0 Å². The van der Waals surface area contributed by atoms with E-state index in [2.05, 4.69) is 5.32 Å². The molecule has 0 bridgehead atoms. The lowest BCUT2D eigenvalue weighted by atomic mass is 10.2. The highest BCUT2D eigenvalue weighted by Gasteiger charge is 2.17. The highest BCUT2D eigenvalue weighted by atomic mass is 35.5. The Morgan fingerprint density at radius 2 is 1.96 bits per heavy atom. The number of esters is 1. The fourth-order valence-electron chi connectivity index (χ4n) is 1.90. The molecular formula is C16H9Cl2N3O5. The fourth-order valence-corrected chi connectivity index (χ4v) is 2.32. The number of hydrogen-bond acceptors (Lipinski definition) is 6. The molecule has 0 unspecified atom stereocenters. The molecule has 0 spiro atoms. The van der Waals surface area contributed by atoms with Gasteiger partial charge in [-0.15, -0.1) is 0 Å². The normalized spacial score (nSPS) is 9.88. The molecule has 1 N–H and O–H groups in total. The standard InChI is InChI=1S/C16H9Cl2N3O5/c17-10-2-1-9(7-19)14(5-10)20-15(22)8-26-16(23)12-4-3-11(21(24)25)6-13(12)18/h1-6H,8H2,(H,20,22). The largest absolute Gasteiger partial charge is 0.452 e. The molecule has 1 amide bonds. The van der Waals surface area contributed by atoms with Crippen LogP contribution in [0.1, 0.15) is 15.9 Å². The second-order valence-corrected chi connectivity index (χ2v) is 5.69. The lowest BCUT2D eigenvalue weighted by molar-refractivity contribution is -0.384. The average molecular weight is 394 g/mol. The second-order valence-electron chi connectivity index (χ2n) is 4.85. The van der Waals surface area contributed by atoms with Crippen LogP contribution in [-0.2, 0) is 9.53 Å². The van der Waals surface area contributed by atoms with E-state index in [1.54, 1.807) is 0 Å². The SMILES string of the molecule is N#Cc1ccc(Cl)cc1NC(=O)COC(=O)c1ccc([N+](=O)[O-])cc1Cl. The third kappa shape index (κ3) is 4.69. The third-order valence-electron chi connectivity index (χ3n) is 3.09. The number of anilines is 1. The molecule has 0 saturated carbocycles. The van der Waals surface area contributed by atoms with Crippen molar-refractivity contribution in [1.29, 1.82) is 5.26 Å². The molecule has 0 fully saturated rings. The molecular weight excluding hydrogens is 385 g/mol. The van der Waals surface area contributed by atoms with Crippen molar-refractivity contribution in [2.24, 2.45) is 0 Å². The summed E-state index contributed by atoms with van der Waals surface area (Å²) in [5, 5.41) is 22.2. The first-order valence-electron chi connectivity index (χ1n) is 6.92. The summed E-state index contributed by atoms with van der Waals surface area (Å²) in [6.45, 7) is -0.649. The van der Waals surface area contributed by atoms with Gasteiger partial charge in [0.15, 0.2) is 6.61 Å². The maximum absolute atomic E-state index is 12.0. The van der Waals surface area contributed by atoms with Crippen LogP contribution in [-0.4, -0.2) is 23.4 Å². The molecule has 2 aromatic rings. The van der Waals surface area contributed by atoms with E-state index in [0.29, 0.717) is 5.02 Å². The zero-order valence-electron chi connectivity index (χ0n) is 12.9. The number of non-ortho nitro benzene ring substituents is 1. The molecule has 8 nitrogen and oxygen atoms in total. The van der Waals surface area contributed by atoms with E-state index in [9.17, 15) is 19.7 Å². The van der Waals surface area contributed by atoms with E-state index in [1.165, 1.54) is 18.2 Å². The van der Waals surface area contributed by atoms with Gasteiger partial charge in [0, 0.05) is 17.2 Å². The summed E-state index contributed by atoms with van der Waals surface area (Å²) in [4.78, 5) is 33.8. The lowest BCUT2D eigenvalue weighted by Crippen LogP contribution is -2.21. The Bertz CT molecular complexity index is 940. The number of nitro benzene ring substituents is 1. The van der Waals surface area contributed by atoms with E-state index < -0.39 is 23.4 Å². The van der Waals surface area contributed by atoms with Gasteiger partial charge in [0.1, 0.15) is 6.07 Å². The number of benzene rings is 2. The number of nitrogens with zero attached hydrogens (tertiary/aromatic N) is 2. The van der Waals surface area contributed by atoms with Crippen LogP contribution >= 0.6 is 23.2 Å². The first kappa shape index (κ1) is 19.2. The van der Waals surface area contributed by atoms with Crippen LogP contribution in [0, 0.1) is 21.4 Å². The van der Waals surface area contributed by atoms with Crippen molar-refractivity contribution in [3.63, 3.8) is 0 Å². The number of nitrogens with one attached hydrogen (secondary N) is 1. The maximum atomic E-state index is 12.0. The Morgan fingerprint density at radius 3 is 2.58 bits per heavy atom. The molecule has 0 radical (unpaired) electrons. The van der Waals surface area contributed by atoms with E-state index in [-0.39, 0.29) is 27.5 Å². The van der Waals surface area contributed by atoms with Gasteiger partial charge in [0.25, 0.3) is 11.6 Å². The summed E-state index contributed by atoms with van der Waals surface area (Å²) in [5.41, 5.74) is -0.0401. The predicted molar refractivity (Wildman–Crippen MR) is 93.2 cm³/mol. The number of halogens is 2. The molecule has 26 heavy (non-hydrogen) atoms. The smallest absolute Gasteiger partial charge is 0.340 e. The van der Waals surface area contributed by atoms with Crippen molar-refractivity contribution in [1.82, 2.24) is 0 Å². The number of amides is 1. The van der Waals surface area contributed by atoms with Crippen LogP contribution in [0.5, 0.6) is 0 Å². The Balaban J connectivity index is 2.02. The van der Waals surface area contributed by atoms with E-state index in [0.717, 1.165) is 18.2 Å². The van der Waals surface area contributed by atoms with Gasteiger partial charge in [-0.05, 0) is 24.3 Å². The summed E-state index contributed by atoms with van der Waals surface area (Å²) in [7, 11) is 0. The minimum absolute atomic E-state index is 0.120. The van der Waals surface area contributed by atoms with Crippen LogP contribution in [0.2, 0.25) is 10.0 Å². The summed E-state index contributed by atoms with van der Waals surface area (Å²) >= 11 is 11.6. The molecule has 0 saturated heterocycles. The van der Waals surface area contributed by atoms with Crippen LogP contribution in [0.3, 0.4) is 0 Å². The molecule has 0 atom stereocenters. The van der Waals surface area contributed by atoms with Gasteiger partial charge in [0.05, 0.1) is 26.8 Å². The lowest BCUT2D eigenvalue weighted by Gasteiger charge is -2.09. The molecule has 0 aliphatic carbocycles. The molecule has 2 rings (SSSR count). The number of nitriles is 1.